The molecule has 23 heavy (non-hydrogen) atoms. The van der Waals surface area contributed by atoms with Crippen molar-refractivity contribution in [1.29, 1.82) is 0 Å². The number of carbonyl (C=O) groups excluding carboxylic acids is 2. The number of imidazole rings is 1. The van der Waals surface area contributed by atoms with Crippen molar-refractivity contribution in [3.05, 3.63) is 41.7 Å². The summed E-state index contributed by atoms with van der Waals surface area (Å²) in [6.07, 6.45) is 3.43. The van der Waals surface area contributed by atoms with Gasteiger partial charge in [-0.1, -0.05) is 43.3 Å². The highest BCUT2D eigenvalue weighted by Gasteiger charge is 2.26. The number of nitrogens with two attached hydrogens (primary N) is 1. The second-order valence-corrected chi connectivity index (χ2v) is 6.74. The number of benzene rings is 1. The van der Waals surface area contributed by atoms with Gasteiger partial charge in [-0.15, -0.1) is 0 Å². The number of aromatic nitrogens is 2. The molecule has 0 saturated carbocycles. The molecule has 0 aliphatic carbocycles. The summed E-state index contributed by atoms with van der Waals surface area (Å²) in [7, 11) is 0. The average molecular weight is 353 g/mol. The molecule has 0 bridgehead atoms. The Morgan fingerprint density at radius 2 is 2.13 bits per heavy atom. The van der Waals surface area contributed by atoms with Crippen LogP contribution in [0, 0.1) is 5.92 Å². The Labute approximate surface area is 143 Å². The van der Waals surface area contributed by atoms with Crippen LogP contribution in [0.3, 0.4) is 0 Å². The molecule has 1 atom stereocenters. The second-order valence-electron chi connectivity index (χ2n) is 5.20. The normalized spacial score (nSPS) is 12.2. The zero-order valence-corrected chi connectivity index (χ0v) is 14.3. The van der Waals surface area contributed by atoms with Gasteiger partial charge >= 0.3 is 6.03 Å². The van der Waals surface area contributed by atoms with Crippen molar-refractivity contribution < 1.29 is 9.59 Å². The van der Waals surface area contributed by atoms with Gasteiger partial charge < -0.3 is 5.73 Å². The van der Waals surface area contributed by atoms with Gasteiger partial charge in [0.1, 0.15) is 0 Å². The lowest BCUT2D eigenvalue weighted by Crippen LogP contribution is -2.42. The summed E-state index contributed by atoms with van der Waals surface area (Å²) in [5.41, 5.74) is 5.87. The maximum Gasteiger partial charge on any atom is 0.318 e. The molecule has 0 spiro atoms. The number of imide groups is 1. The predicted molar refractivity (Wildman–Crippen MR) is 90.8 cm³/mol. The van der Waals surface area contributed by atoms with Gasteiger partial charge in [0.25, 0.3) is 0 Å². The Hall–Kier alpha value is -1.99. The first-order valence-corrected chi connectivity index (χ1v) is 8.20. The van der Waals surface area contributed by atoms with E-state index < -0.39 is 17.2 Å². The quantitative estimate of drug-likeness (QED) is 0.809. The van der Waals surface area contributed by atoms with Crippen molar-refractivity contribution in [2.24, 2.45) is 11.7 Å². The summed E-state index contributed by atoms with van der Waals surface area (Å²) in [4.78, 5) is 27.3. The Bertz CT molecular complexity index is 717. The number of rotatable bonds is 5. The average Bonchev–Trinajstić information content (AvgIpc) is 2.91. The summed E-state index contributed by atoms with van der Waals surface area (Å²) < 4.78 is 1.84. The van der Waals surface area contributed by atoms with Gasteiger partial charge in [0.05, 0.1) is 5.25 Å². The highest BCUT2D eigenvalue weighted by Crippen LogP contribution is 2.29. The van der Waals surface area contributed by atoms with E-state index in [1.807, 2.05) is 30.5 Å². The Balaban J connectivity index is 2.27. The Morgan fingerprint density at radius 3 is 2.74 bits per heavy atom. The van der Waals surface area contributed by atoms with E-state index in [-0.39, 0.29) is 5.92 Å². The number of primary amides is 1. The van der Waals surface area contributed by atoms with E-state index in [1.54, 1.807) is 24.5 Å². The number of hydrogen-bond donors (Lipinski definition) is 2. The van der Waals surface area contributed by atoms with Crippen molar-refractivity contribution in [3.63, 3.8) is 0 Å². The van der Waals surface area contributed by atoms with E-state index in [0.717, 1.165) is 5.69 Å². The molecule has 0 aliphatic heterocycles. The van der Waals surface area contributed by atoms with Gasteiger partial charge in [0.2, 0.25) is 5.91 Å². The number of urea groups is 1. The summed E-state index contributed by atoms with van der Waals surface area (Å²) in [6, 6.07) is 6.46. The molecular formula is C15H17ClN4O2S. The first-order valence-electron chi connectivity index (χ1n) is 6.94. The molecule has 0 aliphatic rings. The van der Waals surface area contributed by atoms with Gasteiger partial charge in [-0.25, -0.2) is 9.78 Å². The van der Waals surface area contributed by atoms with Crippen molar-refractivity contribution >= 4 is 35.3 Å². The van der Waals surface area contributed by atoms with E-state index in [9.17, 15) is 9.59 Å². The van der Waals surface area contributed by atoms with Crippen LogP contribution in [0.4, 0.5) is 4.79 Å². The number of thioether (sulfide) groups is 1. The van der Waals surface area contributed by atoms with Gasteiger partial charge in [-0.3, -0.25) is 14.7 Å². The second kappa shape index (κ2) is 7.52. The van der Waals surface area contributed by atoms with Crippen molar-refractivity contribution in [2.75, 3.05) is 0 Å². The molecule has 0 fully saturated rings. The number of carbonyl (C=O) groups is 2. The predicted octanol–water partition coefficient (Wildman–Crippen LogP) is 2.84. The van der Waals surface area contributed by atoms with Crippen molar-refractivity contribution in [3.8, 4) is 5.69 Å². The molecule has 1 aromatic carbocycles. The minimum Gasteiger partial charge on any atom is -0.351 e. The van der Waals surface area contributed by atoms with Crippen LogP contribution in [0.5, 0.6) is 0 Å². The molecule has 6 nitrogen and oxygen atoms in total. The Morgan fingerprint density at radius 1 is 1.39 bits per heavy atom. The van der Waals surface area contributed by atoms with Gasteiger partial charge in [0.15, 0.2) is 5.16 Å². The van der Waals surface area contributed by atoms with Gasteiger partial charge in [-0.05, 0) is 24.1 Å². The number of nitrogens with zero attached hydrogens (tertiary/aromatic N) is 2. The van der Waals surface area contributed by atoms with Crippen LogP contribution in [0.1, 0.15) is 13.8 Å². The minimum atomic E-state index is -0.862. The van der Waals surface area contributed by atoms with Crippen LogP contribution in [0.15, 0.2) is 41.8 Å². The van der Waals surface area contributed by atoms with E-state index in [0.29, 0.717) is 10.2 Å². The lowest BCUT2D eigenvalue weighted by Gasteiger charge is -2.19. The fourth-order valence-electron chi connectivity index (χ4n) is 2.00. The molecule has 1 aromatic heterocycles. The standard InChI is InChI=1S/C15H17ClN4O2S/c1-9(2)12(13(21)19-14(17)22)23-15-18-6-7-20(15)11-5-3-4-10(16)8-11/h3-9,12H,1-2H3,(H3,17,19,21,22)/t12-/m0/s1. The number of hydrogen-bond acceptors (Lipinski definition) is 4. The smallest absolute Gasteiger partial charge is 0.318 e. The zero-order valence-electron chi connectivity index (χ0n) is 12.7. The lowest BCUT2D eigenvalue weighted by atomic mass is 10.1. The third-order valence-electron chi connectivity index (χ3n) is 3.04. The molecule has 2 rings (SSSR count). The lowest BCUT2D eigenvalue weighted by molar-refractivity contribution is -0.120. The fourth-order valence-corrected chi connectivity index (χ4v) is 3.25. The molecule has 1 heterocycles. The van der Waals surface area contributed by atoms with Crippen LogP contribution in [-0.4, -0.2) is 26.7 Å². The van der Waals surface area contributed by atoms with Gasteiger partial charge in [-0.2, -0.15) is 0 Å². The van der Waals surface area contributed by atoms with Crippen LogP contribution in [0.25, 0.3) is 5.69 Å². The third-order valence-corrected chi connectivity index (χ3v) is 4.80. The molecular weight excluding hydrogens is 336 g/mol. The van der Waals surface area contributed by atoms with Gasteiger partial charge in [0, 0.05) is 23.1 Å². The molecule has 3 amide bonds. The molecule has 3 N–H and O–H groups in total. The molecule has 2 aromatic rings. The molecule has 0 saturated heterocycles. The van der Waals surface area contributed by atoms with Crippen LogP contribution >= 0.6 is 23.4 Å². The molecule has 0 unspecified atom stereocenters. The summed E-state index contributed by atoms with van der Waals surface area (Å²) in [5.74, 6) is -0.443. The first kappa shape index (κ1) is 17.4. The summed E-state index contributed by atoms with van der Waals surface area (Å²) in [6.45, 7) is 3.79. The van der Waals surface area contributed by atoms with E-state index in [2.05, 4.69) is 10.3 Å². The maximum absolute atomic E-state index is 12.1. The fraction of sp³-hybridized carbons (Fsp3) is 0.267. The molecule has 8 heteroatoms. The zero-order chi connectivity index (χ0) is 17.0. The van der Waals surface area contributed by atoms with Crippen LogP contribution < -0.4 is 11.1 Å². The third kappa shape index (κ3) is 4.49. The number of amides is 3. The van der Waals surface area contributed by atoms with E-state index in [4.69, 9.17) is 17.3 Å². The minimum absolute atomic E-state index is 0.0103. The van der Waals surface area contributed by atoms with Crippen molar-refractivity contribution in [2.45, 2.75) is 24.3 Å². The first-order chi connectivity index (χ1) is 10.9. The highest BCUT2D eigenvalue weighted by molar-refractivity contribution is 8.00. The Kier molecular flexibility index (Phi) is 5.68. The summed E-state index contributed by atoms with van der Waals surface area (Å²) >= 11 is 7.29. The monoisotopic (exact) mass is 352 g/mol. The maximum atomic E-state index is 12.1. The van der Waals surface area contributed by atoms with E-state index in [1.165, 1.54) is 11.8 Å². The molecule has 122 valence electrons. The topological polar surface area (TPSA) is 90.0 Å². The number of halogens is 1. The highest BCUT2D eigenvalue weighted by atomic mass is 35.5. The van der Waals surface area contributed by atoms with E-state index >= 15 is 0 Å². The number of nitrogens with one attached hydrogen (secondary N) is 1. The van der Waals surface area contributed by atoms with Crippen LogP contribution in [0.2, 0.25) is 5.02 Å². The summed E-state index contributed by atoms with van der Waals surface area (Å²) in [5, 5.41) is 2.87. The van der Waals surface area contributed by atoms with Crippen LogP contribution in [-0.2, 0) is 4.79 Å². The largest absolute Gasteiger partial charge is 0.351 e. The van der Waals surface area contributed by atoms with Crippen molar-refractivity contribution in [1.82, 2.24) is 14.9 Å². The SMILES string of the molecule is CC(C)[C@H](Sc1nccn1-c1cccc(Cl)c1)C(=O)NC(N)=O. The molecule has 0 radical (unpaired) electrons.